The van der Waals surface area contributed by atoms with Crippen molar-refractivity contribution in [2.75, 3.05) is 18.9 Å². The van der Waals surface area contributed by atoms with Crippen molar-refractivity contribution in [3.05, 3.63) is 54.0 Å². The third kappa shape index (κ3) is 4.02. The van der Waals surface area contributed by atoms with E-state index in [4.69, 9.17) is 0 Å². The number of rotatable bonds is 6. The van der Waals surface area contributed by atoms with Crippen LogP contribution in [0.2, 0.25) is 0 Å². The minimum atomic E-state index is -0.0504. The number of amides is 1. The molecule has 110 valence electrons. The van der Waals surface area contributed by atoms with E-state index in [1.54, 1.807) is 42.7 Å². The first-order valence-corrected chi connectivity index (χ1v) is 7.05. The van der Waals surface area contributed by atoms with Crippen molar-refractivity contribution >= 4 is 11.7 Å². The summed E-state index contributed by atoms with van der Waals surface area (Å²) < 4.78 is 0. The first kappa shape index (κ1) is 15.0. The molecule has 0 aliphatic rings. The normalized spacial score (nSPS) is 10.2. The maximum Gasteiger partial charge on any atom is 0.257 e. The van der Waals surface area contributed by atoms with Crippen molar-refractivity contribution in [2.45, 2.75) is 19.9 Å². The van der Waals surface area contributed by atoms with Gasteiger partial charge in [0.05, 0.1) is 5.56 Å². The fourth-order valence-electron chi connectivity index (χ4n) is 2.01. The second-order valence-corrected chi connectivity index (χ2v) is 4.85. The van der Waals surface area contributed by atoms with Crippen molar-refractivity contribution in [1.29, 1.82) is 0 Å². The lowest BCUT2D eigenvalue weighted by molar-refractivity contribution is 0.0785. The van der Waals surface area contributed by atoms with Gasteiger partial charge in [0.15, 0.2) is 0 Å². The van der Waals surface area contributed by atoms with Crippen molar-refractivity contribution in [1.82, 2.24) is 14.9 Å². The second kappa shape index (κ2) is 7.38. The van der Waals surface area contributed by atoms with Crippen molar-refractivity contribution < 1.29 is 4.79 Å². The molecule has 2 aromatic rings. The summed E-state index contributed by atoms with van der Waals surface area (Å²) in [5.41, 5.74) is 1.60. The van der Waals surface area contributed by atoms with E-state index in [1.165, 1.54) is 0 Å². The quantitative estimate of drug-likeness (QED) is 0.885. The number of pyridine rings is 2. The summed E-state index contributed by atoms with van der Waals surface area (Å²) >= 11 is 0. The van der Waals surface area contributed by atoms with Gasteiger partial charge >= 0.3 is 0 Å². The Bertz CT molecular complexity index is 586. The molecule has 5 heteroatoms. The van der Waals surface area contributed by atoms with Crippen LogP contribution in [0.4, 0.5) is 5.82 Å². The Morgan fingerprint density at radius 3 is 2.81 bits per heavy atom. The third-order valence-corrected chi connectivity index (χ3v) is 3.07. The molecule has 5 nitrogen and oxygen atoms in total. The largest absolute Gasteiger partial charge is 0.369 e. The molecule has 0 aliphatic heterocycles. The lowest BCUT2D eigenvalue weighted by Gasteiger charge is -2.19. The van der Waals surface area contributed by atoms with Crippen LogP contribution in [0, 0.1) is 0 Å². The molecule has 21 heavy (non-hydrogen) atoms. The molecule has 1 N–H and O–H groups in total. The van der Waals surface area contributed by atoms with E-state index in [1.807, 2.05) is 12.1 Å². The van der Waals surface area contributed by atoms with Gasteiger partial charge in [-0.15, -0.1) is 0 Å². The standard InChI is InChI=1S/C16H20N4O/c1-3-8-18-15-14(7-5-10-19-15)16(21)20(2)12-13-6-4-9-17-11-13/h4-7,9-11H,3,8,12H2,1-2H3,(H,18,19). The summed E-state index contributed by atoms with van der Waals surface area (Å²) in [6.45, 7) is 3.39. The van der Waals surface area contributed by atoms with E-state index >= 15 is 0 Å². The minimum absolute atomic E-state index is 0.0504. The molecule has 2 heterocycles. The Hall–Kier alpha value is -2.43. The summed E-state index contributed by atoms with van der Waals surface area (Å²) in [6.07, 6.45) is 6.16. The number of nitrogens with one attached hydrogen (secondary N) is 1. The summed E-state index contributed by atoms with van der Waals surface area (Å²) in [6, 6.07) is 7.40. The predicted octanol–water partition coefficient (Wildman–Crippen LogP) is 2.57. The highest BCUT2D eigenvalue weighted by atomic mass is 16.2. The molecule has 0 aliphatic carbocycles. The van der Waals surface area contributed by atoms with E-state index in [-0.39, 0.29) is 5.91 Å². The average molecular weight is 284 g/mol. The highest BCUT2D eigenvalue weighted by Gasteiger charge is 2.16. The molecular weight excluding hydrogens is 264 g/mol. The SMILES string of the molecule is CCCNc1ncccc1C(=O)N(C)Cc1cccnc1. The molecular formula is C16H20N4O. The highest BCUT2D eigenvalue weighted by Crippen LogP contribution is 2.15. The Morgan fingerprint density at radius 2 is 2.10 bits per heavy atom. The Labute approximate surface area is 125 Å². The third-order valence-electron chi connectivity index (χ3n) is 3.07. The summed E-state index contributed by atoms with van der Waals surface area (Å²) in [5.74, 6) is 0.591. The Kier molecular flexibility index (Phi) is 5.26. The van der Waals surface area contributed by atoms with Gasteiger partial charge in [0, 0.05) is 38.7 Å². The van der Waals surface area contributed by atoms with E-state index < -0.39 is 0 Å². The summed E-state index contributed by atoms with van der Waals surface area (Å²) in [7, 11) is 1.78. The van der Waals surface area contributed by atoms with Crippen molar-refractivity contribution in [2.24, 2.45) is 0 Å². The van der Waals surface area contributed by atoms with E-state index in [2.05, 4.69) is 22.2 Å². The van der Waals surface area contributed by atoms with Crippen LogP contribution in [0.3, 0.4) is 0 Å². The molecule has 2 aromatic heterocycles. The van der Waals surface area contributed by atoms with Crippen molar-refractivity contribution in [3.63, 3.8) is 0 Å². The Balaban J connectivity index is 2.12. The van der Waals surface area contributed by atoms with Crippen LogP contribution in [0.25, 0.3) is 0 Å². The minimum Gasteiger partial charge on any atom is -0.369 e. The first-order chi connectivity index (χ1) is 10.2. The van der Waals surface area contributed by atoms with Crippen LogP contribution in [0.1, 0.15) is 29.3 Å². The zero-order valence-corrected chi connectivity index (χ0v) is 12.4. The van der Waals surface area contributed by atoms with Gasteiger partial charge in [-0.3, -0.25) is 9.78 Å². The fraction of sp³-hybridized carbons (Fsp3) is 0.312. The van der Waals surface area contributed by atoms with Crippen LogP contribution in [0.15, 0.2) is 42.9 Å². The van der Waals surface area contributed by atoms with Gasteiger partial charge in [-0.2, -0.15) is 0 Å². The smallest absolute Gasteiger partial charge is 0.257 e. The van der Waals surface area contributed by atoms with Gasteiger partial charge in [-0.25, -0.2) is 4.98 Å². The summed E-state index contributed by atoms with van der Waals surface area (Å²) in [4.78, 5) is 22.6. The van der Waals surface area contributed by atoms with Gasteiger partial charge < -0.3 is 10.2 Å². The topological polar surface area (TPSA) is 58.1 Å². The highest BCUT2D eigenvalue weighted by molar-refractivity contribution is 5.98. The van der Waals surface area contributed by atoms with Gasteiger partial charge in [-0.1, -0.05) is 13.0 Å². The molecule has 0 aromatic carbocycles. The zero-order valence-electron chi connectivity index (χ0n) is 12.4. The number of anilines is 1. The summed E-state index contributed by atoms with van der Waals surface area (Å²) in [5, 5.41) is 3.19. The van der Waals surface area contributed by atoms with E-state index in [9.17, 15) is 4.79 Å². The van der Waals surface area contributed by atoms with Crippen molar-refractivity contribution in [3.8, 4) is 0 Å². The van der Waals surface area contributed by atoms with Crippen LogP contribution in [0.5, 0.6) is 0 Å². The molecule has 0 saturated heterocycles. The number of hydrogen-bond acceptors (Lipinski definition) is 4. The molecule has 0 spiro atoms. The number of carbonyl (C=O) groups is 1. The number of nitrogens with zero attached hydrogens (tertiary/aromatic N) is 3. The molecule has 0 saturated carbocycles. The monoisotopic (exact) mass is 284 g/mol. The van der Waals surface area contributed by atoms with Gasteiger partial charge in [0.25, 0.3) is 5.91 Å². The van der Waals surface area contributed by atoms with E-state index in [0.29, 0.717) is 17.9 Å². The molecule has 0 atom stereocenters. The van der Waals surface area contributed by atoms with Crippen LogP contribution in [-0.4, -0.2) is 34.4 Å². The molecule has 2 rings (SSSR count). The number of aromatic nitrogens is 2. The van der Waals surface area contributed by atoms with E-state index in [0.717, 1.165) is 18.5 Å². The lowest BCUT2D eigenvalue weighted by atomic mass is 10.2. The predicted molar refractivity (Wildman–Crippen MR) is 83.1 cm³/mol. The maximum absolute atomic E-state index is 12.6. The average Bonchev–Trinajstić information content (AvgIpc) is 2.53. The molecule has 1 amide bonds. The van der Waals surface area contributed by atoms with Gasteiger partial charge in [0.2, 0.25) is 0 Å². The molecule has 0 bridgehead atoms. The molecule has 0 radical (unpaired) electrons. The lowest BCUT2D eigenvalue weighted by Crippen LogP contribution is -2.27. The Morgan fingerprint density at radius 1 is 1.29 bits per heavy atom. The maximum atomic E-state index is 12.6. The molecule has 0 unspecified atom stereocenters. The molecule has 0 fully saturated rings. The first-order valence-electron chi connectivity index (χ1n) is 7.05. The number of carbonyl (C=O) groups excluding carboxylic acids is 1. The zero-order chi connectivity index (χ0) is 15.1. The van der Waals surface area contributed by atoms with Gasteiger partial charge in [-0.05, 0) is 30.2 Å². The van der Waals surface area contributed by atoms with Crippen LogP contribution in [-0.2, 0) is 6.54 Å². The van der Waals surface area contributed by atoms with Crippen LogP contribution >= 0.6 is 0 Å². The second-order valence-electron chi connectivity index (χ2n) is 4.85. The van der Waals surface area contributed by atoms with Gasteiger partial charge in [0.1, 0.15) is 5.82 Å². The number of hydrogen-bond donors (Lipinski definition) is 1. The fourth-order valence-corrected chi connectivity index (χ4v) is 2.01. The van der Waals surface area contributed by atoms with Crippen LogP contribution < -0.4 is 5.32 Å².